The molecule has 82 valence electrons. The number of rotatable bonds is 1. The van der Waals surface area contributed by atoms with Gasteiger partial charge in [-0.05, 0) is 6.07 Å². The van der Waals surface area contributed by atoms with Gasteiger partial charge in [-0.25, -0.2) is 0 Å². The molecule has 0 unspecified atom stereocenters. The van der Waals surface area contributed by atoms with Gasteiger partial charge in [0.1, 0.15) is 5.56 Å². The normalized spacial score (nSPS) is 11.5. The van der Waals surface area contributed by atoms with Crippen molar-refractivity contribution in [3.05, 3.63) is 32.8 Å². The molecule has 0 N–H and O–H groups in total. The fraction of sp³-hybridized carbons (Fsp3) is 0.143. The zero-order valence-electron chi connectivity index (χ0n) is 6.88. The Morgan fingerprint density at radius 1 is 1.40 bits per heavy atom. The van der Waals surface area contributed by atoms with Gasteiger partial charge in [0.2, 0.25) is 0 Å². The highest BCUT2D eigenvalue weighted by atomic mass is 35.5. The van der Waals surface area contributed by atoms with E-state index in [0.717, 1.165) is 6.07 Å². The van der Waals surface area contributed by atoms with Crippen LogP contribution in [0.25, 0.3) is 0 Å². The van der Waals surface area contributed by atoms with Crippen molar-refractivity contribution in [1.29, 1.82) is 0 Å². The average molecular weight is 258 g/mol. The maximum Gasteiger partial charge on any atom is 0.424 e. The smallest absolute Gasteiger partial charge is 0.258 e. The minimum absolute atomic E-state index is 0.281. The molecule has 0 saturated heterocycles. The first-order valence-corrected chi connectivity index (χ1v) is 4.30. The van der Waals surface area contributed by atoms with Crippen molar-refractivity contribution in [2.24, 2.45) is 0 Å². The number of benzene rings is 1. The zero-order chi connectivity index (χ0) is 11.8. The number of hydrogen-bond acceptors (Lipinski definition) is 3. The SMILES string of the molecule is O=[N+]([O-])c1ccc(Cl)c(S)c1C(F)(F)F. The third kappa shape index (κ3) is 2.35. The Labute approximate surface area is 92.4 Å². The Kier molecular flexibility index (Phi) is 3.15. The largest absolute Gasteiger partial charge is 0.424 e. The van der Waals surface area contributed by atoms with Crippen LogP contribution in [0.1, 0.15) is 5.56 Å². The molecule has 0 radical (unpaired) electrons. The Hall–Kier alpha value is -0.950. The van der Waals surface area contributed by atoms with Crippen LogP contribution in [0.4, 0.5) is 18.9 Å². The second-order valence-corrected chi connectivity index (χ2v) is 3.40. The molecule has 1 aromatic carbocycles. The number of nitrogens with zero attached hydrogens (tertiary/aromatic N) is 1. The summed E-state index contributed by atoms with van der Waals surface area (Å²) in [4.78, 5) is 8.59. The molecule has 3 nitrogen and oxygen atoms in total. The fourth-order valence-electron chi connectivity index (χ4n) is 0.987. The van der Waals surface area contributed by atoms with E-state index >= 15 is 0 Å². The minimum atomic E-state index is -4.86. The highest BCUT2D eigenvalue weighted by Gasteiger charge is 2.41. The Balaban J connectivity index is 3.57. The summed E-state index contributed by atoms with van der Waals surface area (Å²) in [6, 6.07) is 1.70. The van der Waals surface area contributed by atoms with Crippen LogP contribution in [-0.4, -0.2) is 4.92 Å². The van der Waals surface area contributed by atoms with E-state index in [0.29, 0.717) is 6.07 Å². The van der Waals surface area contributed by atoms with Crippen LogP contribution in [-0.2, 0) is 6.18 Å². The number of nitro benzene ring substituents is 1. The molecule has 0 fully saturated rings. The maximum atomic E-state index is 12.4. The first-order valence-electron chi connectivity index (χ1n) is 3.48. The standard InChI is InChI=1S/C7H3ClF3NO2S/c8-3-1-2-4(12(13)14)5(6(3)15)7(9,10)11/h1-2,15H. The summed E-state index contributed by atoms with van der Waals surface area (Å²) in [6.45, 7) is 0. The Bertz CT molecular complexity index is 421. The van der Waals surface area contributed by atoms with Crippen LogP contribution in [0.3, 0.4) is 0 Å². The van der Waals surface area contributed by atoms with E-state index in [1.165, 1.54) is 0 Å². The third-order valence-corrected chi connectivity index (χ3v) is 2.50. The predicted molar refractivity (Wildman–Crippen MR) is 50.4 cm³/mol. The lowest BCUT2D eigenvalue weighted by molar-refractivity contribution is -0.388. The van der Waals surface area contributed by atoms with Crippen molar-refractivity contribution >= 4 is 29.9 Å². The van der Waals surface area contributed by atoms with Crippen molar-refractivity contribution in [2.45, 2.75) is 11.1 Å². The predicted octanol–water partition coefficient (Wildman–Crippen LogP) is 3.56. The van der Waals surface area contributed by atoms with Gasteiger partial charge >= 0.3 is 6.18 Å². The van der Waals surface area contributed by atoms with E-state index in [-0.39, 0.29) is 5.02 Å². The summed E-state index contributed by atoms with van der Waals surface area (Å²) in [5, 5.41) is 10.1. The molecule has 8 heteroatoms. The summed E-state index contributed by atoms with van der Waals surface area (Å²) in [5.41, 5.74) is -2.49. The summed E-state index contributed by atoms with van der Waals surface area (Å²) >= 11 is 8.91. The van der Waals surface area contributed by atoms with E-state index in [1.54, 1.807) is 0 Å². The molecule has 0 saturated carbocycles. The Morgan fingerprint density at radius 3 is 2.33 bits per heavy atom. The van der Waals surface area contributed by atoms with E-state index in [4.69, 9.17) is 11.6 Å². The molecular formula is C7H3ClF3NO2S. The highest BCUT2D eigenvalue weighted by molar-refractivity contribution is 7.80. The van der Waals surface area contributed by atoms with E-state index < -0.39 is 27.2 Å². The van der Waals surface area contributed by atoms with Crippen molar-refractivity contribution in [2.75, 3.05) is 0 Å². The topological polar surface area (TPSA) is 43.1 Å². The molecular weight excluding hydrogens is 255 g/mol. The van der Waals surface area contributed by atoms with Crippen LogP contribution in [0.5, 0.6) is 0 Å². The van der Waals surface area contributed by atoms with Crippen molar-refractivity contribution < 1.29 is 18.1 Å². The van der Waals surface area contributed by atoms with E-state index in [9.17, 15) is 23.3 Å². The second-order valence-electron chi connectivity index (χ2n) is 2.54. The van der Waals surface area contributed by atoms with Gasteiger partial charge in [0.15, 0.2) is 0 Å². The first-order chi connectivity index (χ1) is 6.75. The Morgan fingerprint density at radius 2 is 1.93 bits per heavy atom. The molecule has 1 aromatic rings. The number of thiol groups is 1. The van der Waals surface area contributed by atoms with E-state index in [1.807, 2.05) is 0 Å². The zero-order valence-corrected chi connectivity index (χ0v) is 8.53. The molecule has 0 bridgehead atoms. The number of halogens is 4. The summed E-state index contributed by atoms with van der Waals surface area (Å²) < 4.78 is 37.3. The van der Waals surface area contributed by atoms with Crippen LogP contribution in [0.2, 0.25) is 5.02 Å². The molecule has 0 amide bonds. The van der Waals surface area contributed by atoms with Gasteiger partial charge in [0.25, 0.3) is 5.69 Å². The second kappa shape index (κ2) is 3.90. The van der Waals surface area contributed by atoms with Crippen LogP contribution >= 0.6 is 24.2 Å². The van der Waals surface area contributed by atoms with Crippen LogP contribution in [0.15, 0.2) is 17.0 Å². The van der Waals surface area contributed by atoms with Crippen molar-refractivity contribution in [3.8, 4) is 0 Å². The number of nitro groups is 1. The van der Waals surface area contributed by atoms with Crippen molar-refractivity contribution in [1.82, 2.24) is 0 Å². The molecule has 0 aliphatic rings. The quantitative estimate of drug-likeness (QED) is 0.475. The molecule has 0 atom stereocenters. The lowest BCUT2D eigenvalue weighted by atomic mass is 10.1. The van der Waals surface area contributed by atoms with Gasteiger partial charge in [-0.1, -0.05) is 11.6 Å². The van der Waals surface area contributed by atoms with Crippen LogP contribution < -0.4 is 0 Å². The maximum absolute atomic E-state index is 12.4. The summed E-state index contributed by atoms with van der Waals surface area (Å²) in [5.74, 6) is 0. The lowest BCUT2D eigenvalue weighted by Crippen LogP contribution is -2.10. The molecule has 0 aromatic heterocycles. The monoisotopic (exact) mass is 257 g/mol. The van der Waals surface area contributed by atoms with Gasteiger partial charge in [-0.2, -0.15) is 13.2 Å². The van der Waals surface area contributed by atoms with Crippen LogP contribution in [0, 0.1) is 10.1 Å². The minimum Gasteiger partial charge on any atom is -0.258 e. The third-order valence-electron chi connectivity index (χ3n) is 1.59. The molecule has 1 rings (SSSR count). The lowest BCUT2D eigenvalue weighted by Gasteiger charge is -2.10. The fourth-order valence-corrected chi connectivity index (χ4v) is 1.46. The molecule has 0 aliphatic heterocycles. The van der Waals surface area contributed by atoms with Gasteiger partial charge in [-0.15, -0.1) is 12.6 Å². The van der Waals surface area contributed by atoms with Gasteiger partial charge in [0.05, 0.1) is 9.95 Å². The van der Waals surface area contributed by atoms with Gasteiger partial charge < -0.3 is 0 Å². The van der Waals surface area contributed by atoms with Gasteiger partial charge in [-0.3, -0.25) is 10.1 Å². The van der Waals surface area contributed by atoms with Gasteiger partial charge in [0, 0.05) is 11.0 Å². The van der Waals surface area contributed by atoms with Crippen molar-refractivity contribution in [3.63, 3.8) is 0 Å². The molecule has 0 heterocycles. The average Bonchev–Trinajstić information content (AvgIpc) is 2.06. The highest BCUT2D eigenvalue weighted by Crippen LogP contribution is 2.42. The van der Waals surface area contributed by atoms with E-state index in [2.05, 4.69) is 12.6 Å². The molecule has 0 spiro atoms. The molecule has 0 aliphatic carbocycles. The number of hydrogen-bond donors (Lipinski definition) is 1. The first kappa shape index (κ1) is 12.1. The molecule has 15 heavy (non-hydrogen) atoms. The number of alkyl halides is 3. The summed E-state index contributed by atoms with van der Waals surface area (Å²) in [6.07, 6.45) is -4.86. The summed E-state index contributed by atoms with van der Waals surface area (Å²) in [7, 11) is 0.